The summed E-state index contributed by atoms with van der Waals surface area (Å²) in [4.78, 5) is 14.8. The number of nitrogens with zero attached hydrogens (tertiary/aromatic N) is 4. The van der Waals surface area contributed by atoms with Gasteiger partial charge in [-0.2, -0.15) is 10.2 Å². The second-order valence-corrected chi connectivity index (χ2v) is 8.66. The van der Waals surface area contributed by atoms with E-state index in [1.54, 1.807) is 23.7 Å². The van der Waals surface area contributed by atoms with Crippen LogP contribution in [0.5, 0.6) is 0 Å². The maximum atomic E-state index is 4.85. The summed E-state index contributed by atoms with van der Waals surface area (Å²) in [6, 6.07) is 4.17. The Hall–Kier alpha value is -4.04. The fourth-order valence-electron chi connectivity index (χ4n) is 3.42. The van der Waals surface area contributed by atoms with E-state index in [0.717, 1.165) is 53.6 Å². The minimum atomic E-state index is 0.655. The highest BCUT2D eigenvalue weighted by Crippen LogP contribution is 2.34. The second-order valence-electron chi connectivity index (χ2n) is 7.58. The number of pyridine rings is 1. The average Bonchev–Trinajstić information content (AvgIpc) is 3.58. The van der Waals surface area contributed by atoms with Gasteiger partial charge in [0, 0.05) is 38.5 Å². The third-order valence-electron chi connectivity index (χ3n) is 5.26. The summed E-state index contributed by atoms with van der Waals surface area (Å²) in [5, 5.41) is 15.9. The van der Waals surface area contributed by atoms with Gasteiger partial charge < -0.3 is 4.98 Å². The standard InChI is InChI=1S/C24H21N7S/c1-13(2)20-7-8-21(32-20)17-11-25-12-19-23(17)29-24(28-19)22-15(4)18(30-31-22)6-5-14(3)16-9-26-27-10-16/h5-12,30H,1,4H2,2-3H3,(H,26,27)(H,28,29)/b14-5+,18-6+. The Morgan fingerprint density at radius 2 is 2.03 bits per heavy atom. The first-order chi connectivity index (χ1) is 15.5. The van der Waals surface area contributed by atoms with E-state index in [1.807, 2.05) is 38.4 Å². The van der Waals surface area contributed by atoms with Gasteiger partial charge in [-0.25, -0.2) is 4.98 Å². The van der Waals surface area contributed by atoms with Crippen molar-refractivity contribution in [3.05, 3.63) is 70.6 Å². The molecule has 0 aliphatic rings. The zero-order valence-corrected chi connectivity index (χ0v) is 18.5. The van der Waals surface area contributed by atoms with Gasteiger partial charge in [0.15, 0.2) is 5.82 Å². The third kappa shape index (κ3) is 3.50. The summed E-state index contributed by atoms with van der Waals surface area (Å²) < 4.78 is 0. The molecule has 32 heavy (non-hydrogen) atoms. The number of rotatable bonds is 5. The number of nitrogens with one attached hydrogen (secondary N) is 3. The lowest BCUT2D eigenvalue weighted by Crippen LogP contribution is -2.21. The summed E-state index contributed by atoms with van der Waals surface area (Å²) in [7, 11) is 0. The first-order valence-electron chi connectivity index (χ1n) is 10.0. The second kappa shape index (κ2) is 7.90. The van der Waals surface area contributed by atoms with Crippen molar-refractivity contribution in [2.75, 3.05) is 0 Å². The molecule has 8 heteroatoms. The number of allylic oxidation sites excluding steroid dienone is 3. The zero-order valence-electron chi connectivity index (χ0n) is 17.7. The number of aromatic nitrogens is 7. The zero-order chi connectivity index (χ0) is 22.2. The Labute approximate surface area is 188 Å². The van der Waals surface area contributed by atoms with Crippen molar-refractivity contribution >= 4 is 46.2 Å². The molecule has 0 aliphatic carbocycles. The van der Waals surface area contributed by atoms with E-state index in [0.29, 0.717) is 11.5 Å². The number of hydrogen-bond donors (Lipinski definition) is 3. The third-order valence-corrected chi connectivity index (χ3v) is 6.54. The lowest BCUT2D eigenvalue weighted by atomic mass is 10.1. The molecule has 0 radical (unpaired) electrons. The van der Waals surface area contributed by atoms with Crippen LogP contribution in [0.1, 0.15) is 24.3 Å². The summed E-state index contributed by atoms with van der Waals surface area (Å²) in [5.41, 5.74) is 6.53. The molecule has 0 unspecified atom stereocenters. The van der Waals surface area contributed by atoms with Crippen molar-refractivity contribution in [2.24, 2.45) is 0 Å². The van der Waals surface area contributed by atoms with E-state index in [4.69, 9.17) is 4.98 Å². The van der Waals surface area contributed by atoms with E-state index in [-0.39, 0.29) is 0 Å². The fraction of sp³-hybridized carbons (Fsp3) is 0.0833. The van der Waals surface area contributed by atoms with Crippen molar-refractivity contribution in [1.82, 2.24) is 35.3 Å². The fourth-order valence-corrected chi connectivity index (χ4v) is 4.36. The molecule has 0 aromatic carbocycles. The van der Waals surface area contributed by atoms with Crippen molar-refractivity contribution in [3.8, 4) is 22.0 Å². The van der Waals surface area contributed by atoms with Crippen LogP contribution in [0, 0.1) is 0 Å². The summed E-state index contributed by atoms with van der Waals surface area (Å²) in [6.45, 7) is 12.3. The molecule has 3 N–H and O–H groups in total. The Balaban J connectivity index is 1.55. The molecular weight excluding hydrogens is 418 g/mol. The topological polar surface area (TPSA) is 98.9 Å². The monoisotopic (exact) mass is 439 g/mol. The molecule has 5 aromatic rings. The van der Waals surface area contributed by atoms with Crippen LogP contribution in [-0.4, -0.2) is 35.3 Å². The molecule has 0 saturated carbocycles. The van der Waals surface area contributed by atoms with Crippen LogP contribution in [0.4, 0.5) is 0 Å². The summed E-state index contributed by atoms with van der Waals surface area (Å²) in [5.74, 6) is 0.655. The van der Waals surface area contributed by atoms with Crippen molar-refractivity contribution in [1.29, 1.82) is 0 Å². The van der Waals surface area contributed by atoms with Crippen molar-refractivity contribution < 1.29 is 0 Å². The molecule has 0 spiro atoms. The van der Waals surface area contributed by atoms with Crippen LogP contribution in [0.25, 0.3) is 56.8 Å². The van der Waals surface area contributed by atoms with Gasteiger partial charge in [0.1, 0.15) is 11.2 Å². The molecule has 0 saturated heterocycles. The van der Waals surface area contributed by atoms with Crippen LogP contribution < -0.4 is 10.6 Å². The van der Waals surface area contributed by atoms with E-state index in [2.05, 4.69) is 55.7 Å². The first kappa shape index (κ1) is 19.9. The Kier molecular flexibility index (Phi) is 4.91. The highest BCUT2D eigenvalue weighted by Gasteiger charge is 2.15. The van der Waals surface area contributed by atoms with E-state index >= 15 is 0 Å². The quantitative estimate of drug-likeness (QED) is 0.383. The van der Waals surface area contributed by atoms with Crippen LogP contribution in [0.3, 0.4) is 0 Å². The van der Waals surface area contributed by atoms with E-state index in [1.165, 1.54) is 0 Å². The van der Waals surface area contributed by atoms with Crippen LogP contribution in [-0.2, 0) is 0 Å². The largest absolute Gasteiger partial charge is 0.335 e. The normalized spacial score (nSPS) is 12.7. The summed E-state index contributed by atoms with van der Waals surface area (Å²) >= 11 is 1.68. The number of aromatic amines is 3. The van der Waals surface area contributed by atoms with E-state index < -0.39 is 0 Å². The number of hydrogen-bond acceptors (Lipinski definition) is 5. The first-order valence-corrected chi connectivity index (χ1v) is 10.8. The predicted molar refractivity (Wildman–Crippen MR) is 131 cm³/mol. The maximum Gasteiger partial charge on any atom is 0.159 e. The molecule has 158 valence electrons. The minimum absolute atomic E-state index is 0.655. The molecule has 7 nitrogen and oxygen atoms in total. The molecule has 5 heterocycles. The Bertz CT molecular complexity index is 1580. The molecule has 5 aromatic heterocycles. The number of fused-ring (bicyclic) bond motifs is 1. The summed E-state index contributed by atoms with van der Waals surface area (Å²) in [6.07, 6.45) is 11.2. The van der Waals surface area contributed by atoms with Crippen LogP contribution in [0.15, 0.2) is 49.6 Å². The molecule has 0 fully saturated rings. The molecular formula is C24H21N7S. The predicted octanol–water partition coefficient (Wildman–Crippen LogP) is 4.13. The number of thiophene rings is 1. The van der Waals surface area contributed by atoms with Gasteiger partial charge in [0.25, 0.3) is 0 Å². The molecule has 0 bridgehead atoms. The minimum Gasteiger partial charge on any atom is -0.335 e. The van der Waals surface area contributed by atoms with Gasteiger partial charge in [-0.1, -0.05) is 19.2 Å². The molecule has 5 rings (SSSR count). The lowest BCUT2D eigenvalue weighted by molar-refractivity contribution is 1.06. The number of H-pyrrole nitrogens is 3. The van der Waals surface area contributed by atoms with Gasteiger partial charge in [-0.05, 0) is 43.2 Å². The van der Waals surface area contributed by atoms with Gasteiger partial charge in [0.05, 0.1) is 23.3 Å². The number of imidazole rings is 1. The average molecular weight is 440 g/mol. The van der Waals surface area contributed by atoms with Gasteiger partial charge in [0.2, 0.25) is 0 Å². The van der Waals surface area contributed by atoms with Crippen LogP contribution >= 0.6 is 11.3 Å². The Morgan fingerprint density at radius 3 is 2.78 bits per heavy atom. The van der Waals surface area contributed by atoms with Gasteiger partial charge in [-0.15, -0.1) is 11.3 Å². The lowest BCUT2D eigenvalue weighted by Gasteiger charge is -1.97. The highest BCUT2D eigenvalue weighted by molar-refractivity contribution is 7.16. The van der Waals surface area contributed by atoms with Gasteiger partial charge >= 0.3 is 0 Å². The maximum absolute atomic E-state index is 4.85. The molecule has 0 aliphatic heterocycles. The SMILES string of the molecule is C=C(C)c1ccc(-c2cncc3[nH]c(-c4n[nH]/c(=C/C=C(\C)c5cn[nH]c5)c4=C)nc23)s1. The van der Waals surface area contributed by atoms with Crippen molar-refractivity contribution in [3.63, 3.8) is 0 Å². The van der Waals surface area contributed by atoms with Gasteiger partial charge in [-0.3, -0.25) is 15.2 Å². The van der Waals surface area contributed by atoms with E-state index in [9.17, 15) is 0 Å². The smallest absolute Gasteiger partial charge is 0.159 e. The van der Waals surface area contributed by atoms with Crippen molar-refractivity contribution in [2.45, 2.75) is 13.8 Å². The molecule has 0 atom stereocenters. The highest BCUT2D eigenvalue weighted by atomic mass is 32.1. The molecule has 0 amide bonds. The Morgan fingerprint density at radius 1 is 1.16 bits per heavy atom. The van der Waals surface area contributed by atoms with Crippen LogP contribution in [0.2, 0.25) is 0 Å².